The standard InChI is InChI=1S/C21H25N5O3/c1-2-22-21(27)23-14-7-5-13(6-8-14)18-24-19(17-4-3-9-28-20(17)25-18)26-11-16-10-15(26)12-29-16/h5-8,15-16H,2-4,9-12H2,1H3,(H2,22,23,27)/t15-,16-/m0/s1. The lowest BCUT2D eigenvalue weighted by atomic mass is 10.1. The lowest BCUT2D eigenvalue weighted by Crippen LogP contribution is -2.38. The number of nitrogens with one attached hydrogen (secondary N) is 2. The monoisotopic (exact) mass is 395 g/mol. The van der Waals surface area contributed by atoms with Gasteiger partial charge >= 0.3 is 6.03 Å². The molecule has 0 radical (unpaired) electrons. The van der Waals surface area contributed by atoms with E-state index in [1.807, 2.05) is 31.2 Å². The molecule has 2 bridgehead atoms. The number of hydrogen-bond acceptors (Lipinski definition) is 6. The van der Waals surface area contributed by atoms with E-state index in [9.17, 15) is 4.79 Å². The number of urea groups is 1. The summed E-state index contributed by atoms with van der Waals surface area (Å²) in [6, 6.07) is 7.74. The Kier molecular flexibility index (Phi) is 4.71. The highest BCUT2D eigenvalue weighted by molar-refractivity contribution is 5.89. The number of amides is 2. The van der Waals surface area contributed by atoms with E-state index >= 15 is 0 Å². The molecule has 2 atom stereocenters. The highest BCUT2D eigenvalue weighted by Crippen LogP contribution is 2.39. The fourth-order valence-corrected chi connectivity index (χ4v) is 4.27. The summed E-state index contributed by atoms with van der Waals surface area (Å²) in [5.41, 5.74) is 2.73. The van der Waals surface area contributed by atoms with Gasteiger partial charge in [-0.2, -0.15) is 4.98 Å². The summed E-state index contributed by atoms with van der Waals surface area (Å²) in [5.74, 6) is 2.34. The third-order valence-electron chi connectivity index (χ3n) is 5.67. The van der Waals surface area contributed by atoms with Crippen molar-refractivity contribution in [1.82, 2.24) is 15.3 Å². The molecule has 5 rings (SSSR count). The number of carbonyl (C=O) groups excluding carboxylic acids is 1. The molecule has 8 nitrogen and oxygen atoms in total. The molecule has 1 aromatic carbocycles. The summed E-state index contributed by atoms with van der Waals surface area (Å²) >= 11 is 0. The predicted molar refractivity (Wildman–Crippen MR) is 109 cm³/mol. The molecule has 0 unspecified atom stereocenters. The van der Waals surface area contributed by atoms with Crippen LogP contribution < -0.4 is 20.3 Å². The van der Waals surface area contributed by atoms with Gasteiger partial charge in [0.25, 0.3) is 0 Å². The van der Waals surface area contributed by atoms with Crippen LogP contribution in [0.5, 0.6) is 5.88 Å². The quantitative estimate of drug-likeness (QED) is 0.827. The Hall–Kier alpha value is -2.87. The SMILES string of the molecule is CCNC(=O)Nc1ccc(-c2nc3c(c(N4C[C@@H]5C[C@H]4CO5)n2)CCCO3)cc1. The molecular formula is C21H25N5O3. The Balaban J connectivity index is 1.46. The summed E-state index contributed by atoms with van der Waals surface area (Å²) in [6.45, 7) is 4.80. The molecule has 8 heteroatoms. The number of benzene rings is 1. The lowest BCUT2D eigenvalue weighted by Gasteiger charge is -2.31. The van der Waals surface area contributed by atoms with Crippen LogP contribution in [0.1, 0.15) is 25.3 Å². The molecule has 0 saturated carbocycles. The van der Waals surface area contributed by atoms with E-state index < -0.39 is 0 Å². The van der Waals surface area contributed by atoms with E-state index in [0.29, 0.717) is 37.0 Å². The number of ether oxygens (including phenoxy) is 2. The number of rotatable bonds is 4. The van der Waals surface area contributed by atoms with Gasteiger partial charge in [-0.05, 0) is 50.5 Å². The van der Waals surface area contributed by atoms with Crippen molar-refractivity contribution < 1.29 is 14.3 Å². The van der Waals surface area contributed by atoms with Gasteiger partial charge in [0, 0.05) is 24.3 Å². The number of fused-ring (bicyclic) bond motifs is 3. The van der Waals surface area contributed by atoms with E-state index in [1.165, 1.54) is 0 Å². The largest absolute Gasteiger partial charge is 0.477 e. The number of carbonyl (C=O) groups is 1. The minimum Gasteiger partial charge on any atom is -0.477 e. The molecule has 152 valence electrons. The van der Waals surface area contributed by atoms with Crippen LogP contribution in [0, 0.1) is 0 Å². The average molecular weight is 395 g/mol. The molecular weight excluding hydrogens is 370 g/mol. The average Bonchev–Trinajstić information content (AvgIpc) is 3.37. The number of morpholine rings is 1. The second kappa shape index (κ2) is 7.51. The minimum atomic E-state index is -0.215. The van der Waals surface area contributed by atoms with Crippen LogP contribution in [0.15, 0.2) is 24.3 Å². The van der Waals surface area contributed by atoms with Crippen LogP contribution in [-0.4, -0.2) is 54.4 Å². The van der Waals surface area contributed by atoms with Crippen molar-refractivity contribution in [2.75, 3.05) is 36.5 Å². The van der Waals surface area contributed by atoms with Gasteiger partial charge in [-0.15, -0.1) is 0 Å². The number of aromatic nitrogens is 2. The first-order valence-corrected chi connectivity index (χ1v) is 10.3. The molecule has 2 aromatic rings. The molecule has 2 saturated heterocycles. The van der Waals surface area contributed by atoms with Crippen LogP contribution in [0.4, 0.5) is 16.3 Å². The first kappa shape index (κ1) is 18.2. The van der Waals surface area contributed by atoms with Crippen molar-refractivity contribution in [1.29, 1.82) is 0 Å². The first-order valence-electron chi connectivity index (χ1n) is 10.3. The van der Waals surface area contributed by atoms with Crippen LogP contribution in [0.2, 0.25) is 0 Å². The van der Waals surface area contributed by atoms with Crippen molar-refractivity contribution in [2.24, 2.45) is 0 Å². The summed E-state index contributed by atoms with van der Waals surface area (Å²) in [6.07, 6.45) is 3.30. The summed E-state index contributed by atoms with van der Waals surface area (Å²) in [4.78, 5) is 23.7. The fraction of sp³-hybridized carbons (Fsp3) is 0.476. The Bertz CT molecular complexity index is 917. The van der Waals surface area contributed by atoms with Gasteiger partial charge in [0.2, 0.25) is 5.88 Å². The van der Waals surface area contributed by atoms with Crippen molar-refractivity contribution >= 4 is 17.5 Å². The van der Waals surface area contributed by atoms with E-state index in [1.54, 1.807) is 0 Å². The molecule has 2 amide bonds. The Morgan fingerprint density at radius 2 is 2.14 bits per heavy atom. The molecule has 1 aromatic heterocycles. The zero-order chi connectivity index (χ0) is 19.8. The number of hydrogen-bond donors (Lipinski definition) is 2. The first-order chi connectivity index (χ1) is 14.2. The molecule has 2 fully saturated rings. The molecule has 29 heavy (non-hydrogen) atoms. The number of anilines is 2. The van der Waals surface area contributed by atoms with E-state index in [2.05, 4.69) is 15.5 Å². The van der Waals surface area contributed by atoms with Gasteiger partial charge in [0.1, 0.15) is 5.82 Å². The van der Waals surface area contributed by atoms with E-state index in [-0.39, 0.29) is 6.03 Å². The zero-order valence-corrected chi connectivity index (χ0v) is 16.5. The maximum absolute atomic E-state index is 11.7. The highest BCUT2D eigenvalue weighted by atomic mass is 16.5. The molecule has 3 aliphatic rings. The highest BCUT2D eigenvalue weighted by Gasteiger charge is 2.41. The summed E-state index contributed by atoms with van der Waals surface area (Å²) in [7, 11) is 0. The molecule has 2 N–H and O–H groups in total. The van der Waals surface area contributed by atoms with Crippen molar-refractivity contribution in [3.8, 4) is 17.3 Å². The van der Waals surface area contributed by atoms with Crippen molar-refractivity contribution in [3.63, 3.8) is 0 Å². The van der Waals surface area contributed by atoms with Crippen LogP contribution in [-0.2, 0) is 11.2 Å². The molecule has 3 aliphatic heterocycles. The van der Waals surface area contributed by atoms with Crippen molar-refractivity contribution in [3.05, 3.63) is 29.8 Å². The van der Waals surface area contributed by atoms with Gasteiger partial charge in [-0.3, -0.25) is 0 Å². The van der Waals surface area contributed by atoms with Gasteiger partial charge in [0.15, 0.2) is 5.82 Å². The van der Waals surface area contributed by atoms with E-state index in [4.69, 9.17) is 19.4 Å². The summed E-state index contributed by atoms with van der Waals surface area (Å²) < 4.78 is 11.7. The van der Waals surface area contributed by atoms with Crippen LogP contribution in [0.3, 0.4) is 0 Å². The van der Waals surface area contributed by atoms with Gasteiger partial charge < -0.3 is 25.0 Å². The Morgan fingerprint density at radius 1 is 1.28 bits per heavy atom. The molecule has 0 aliphatic carbocycles. The predicted octanol–water partition coefficient (Wildman–Crippen LogP) is 2.59. The second-order valence-electron chi connectivity index (χ2n) is 7.67. The van der Waals surface area contributed by atoms with Crippen molar-refractivity contribution in [2.45, 2.75) is 38.3 Å². The minimum absolute atomic E-state index is 0.215. The Labute approximate surface area is 169 Å². The summed E-state index contributed by atoms with van der Waals surface area (Å²) in [5, 5.41) is 5.53. The zero-order valence-electron chi connectivity index (χ0n) is 16.5. The maximum Gasteiger partial charge on any atom is 0.319 e. The third-order valence-corrected chi connectivity index (χ3v) is 5.67. The van der Waals surface area contributed by atoms with E-state index in [0.717, 1.165) is 55.0 Å². The normalized spacial score (nSPS) is 22.2. The Morgan fingerprint density at radius 3 is 2.86 bits per heavy atom. The topological polar surface area (TPSA) is 88.6 Å². The van der Waals surface area contributed by atoms with Crippen LogP contribution >= 0.6 is 0 Å². The smallest absolute Gasteiger partial charge is 0.319 e. The number of nitrogens with zero attached hydrogens (tertiary/aromatic N) is 3. The van der Waals surface area contributed by atoms with Gasteiger partial charge in [-0.25, -0.2) is 9.78 Å². The fourth-order valence-electron chi connectivity index (χ4n) is 4.27. The maximum atomic E-state index is 11.7. The third kappa shape index (κ3) is 3.48. The van der Waals surface area contributed by atoms with Gasteiger partial charge in [0.05, 0.1) is 30.9 Å². The molecule has 0 spiro atoms. The van der Waals surface area contributed by atoms with Gasteiger partial charge in [-0.1, -0.05) is 0 Å². The van der Waals surface area contributed by atoms with Crippen LogP contribution in [0.25, 0.3) is 11.4 Å². The second-order valence-corrected chi connectivity index (χ2v) is 7.67. The molecule has 4 heterocycles. The lowest BCUT2D eigenvalue weighted by molar-refractivity contribution is 0.0987.